The van der Waals surface area contributed by atoms with Gasteiger partial charge in [-0.3, -0.25) is 28.9 Å². The molecule has 0 radical (unpaired) electrons. The van der Waals surface area contributed by atoms with Crippen LogP contribution in [0.3, 0.4) is 0 Å². The van der Waals surface area contributed by atoms with Crippen LogP contribution in [0.15, 0.2) is 104 Å². The molecule has 450 valence electrons. The minimum absolute atomic E-state index is 0.00402. The Balaban J connectivity index is 0.878. The number of ketones is 1. The fourth-order valence-corrected chi connectivity index (χ4v) is 11.6. The van der Waals surface area contributed by atoms with Gasteiger partial charge in [-0.25, -0.2) is 14.5 Å². The fourth-order valence-electron chi connectivity index (χ4n) is 11.6. The molecule has 0 aromatic heterocycles. The van der Waals surface area contributed by atoms with Crippen LogP contribution in [0.4, 0.5) is 21.0 Å². The van der Waals surface area contributed by atoms with Crippen LogP contribution < -0.4 is 34.1 Å². The van der Waals surface area contributed by atoms with Gasteiger partial charge in [0.25, 0.3) is 11.8 Å². The number of fused-ring (bicyclic) bond motifs is 4. The number of aryl methyl sites for hydroxylation is 1. The molecule has 1 spiro atoms. The van der Waals surface area contributed by atoms with Crippen LogP contribution in [0.2, 0.25) is 0 Å². The molecule has 0 bridgehead atoms. The van der Waals surface area contributed by atoms with Gasteiger partial charge in [-0.1, -0.05) is 93.3 Å². The van der Waals surface area contributed by atoms with Crippen molar-refractivity contribution in [3.05, 3.63) is 138 Å². The summed E-state index contributed by atoms with van der Waals surface area (Å²) in [7, 11) is 2.90. The molecule has 5 aliphatic rings. The first-order valence-corrected chi connectivity index (χ1v) is 28.8. The molecule has 6 atom stereocenters. The number of hydrogen-bond donors (Lipinski definition) is 2. The van der Waals surface area contributed by atoms with Crippen LogP contribution >= 0.6 is 0 Å². The number of rotatable bonds is 23. The Kier molecular flexibility index (Phi) is 18.7. The number of amides is 5. The first kappa shape index (κ1) is 60.9. The van der Waals surface area contributed by atoms with Crippen molar-refractivity contribution in [1.82, 2.24) is 15.1 Å². The normalized spacial score (nSPS) is 19.7. The summed E-state index contributed by atoms with van der Waals surface area (Å²) in [6, 6.07) is 18.6. The number of Topliss-reactive ketones (excluding diaryl/α,β-unsaturated/α-hetero) is 1. The number of carbonyl (C=O) groups excluding carboxylic acids is 7. The topological polar surface area (TPSA) is 229 Å². The maximum Gasteiger partial charge on any atom is 0.416 e. The van der Waals surface area contributed by atoms with E-state index >= 15 is 0 Å². The second-order valence-corrected chi connectivity index (χ2v) is 22.8. The van der Waals surface area contributed by atoms with Crippen molar-refractivity contribution in [3.8, 4) is 23.0 Å². The number of hydrogen-bond acceptors (Lipinski definition) is 15. The summed E-state index contributed by atoms with van der Waals surface area (Å²) in [6.45, 7) is 16.7. The highest BCUT2D eigenvalue weighted by atomic mass is 16.6. The maximum absolute atomic E-state index is 14.5. The Labute approximate surface area is 495 Å². The molecule has 9 rings (SSSR count). The third kappa shape index (κ3) is 13.2. The van der Waals surface area contributed by atoms with Crippen LogP contribution in [0.25, 0.3) is 5.57 Å². The first-order chi connectivity index (χ1) is 40.8. The summed E-state index contributed by atoms with van der Waals surface area (Å²) in [5, 5.41) is 14.9. The number of benzene rings is 4. The molecule has 1 aliphatic carbocycles. The molecule has 2 fully saturated rings. The van der Waals surface area contributed by atoms with Crippen LogP contribution in [-0.2, 0) is 41.6 Å². The van der Waals surface area contributed by atoms with E-state index < -0.39 is 60.4 Å². The van der Waals surface area contributed by atoms with E-state index in [0.717, 1.165) is 34.4 Å². The SMILES string of the molecule is C=CCOC(=O)C[C@H](C(=O)N[C@@H](C)C(=O)Cc1ccc(COC(=O)N2c3cc(OCCCOc4cc5c(cc4OC)C(=O)N4C=C(c6ccc(C)cc6)C[C@H]4C(C)N5C(=O)OCC=C)c(OC)cc3C(=O)N3CC4(CC4)C[C@H]3C2O)cc1)C(C)C. The second kappa shape index (κ2) is 26.1. The monoisotopic (exact) mass is 1170 g/mol. The predicted molar refractivity (Wildman–Crippen MR) is 315 cm³/mol. The average Bonchev–Trinajstić information content (AvgIpc) is 2.24. The smallest absolute Gasteiger partial charge is 0.416 e. The van der Waals surface area contributed by atoms with Crippen molar-refractivity contribution in [2.45, 2.75) is 117 Å². The third-order valence-electron chi connectivity index (χ3n) is 16.6. The molecule has 1 saturated heterocycles. The Morgan fingerprint density at radius 1 is 0.753 bits per heavy atom. The van der Waals surface area contributed by atoms with Crippen molar-refractivity contribution in [2.24, 2.45) is 17.3 Å². The van der Waals surface area contributed by atoms with Gasteiger partial charge in [0.2, 0.25) is 5.91 Å². The summed E-state index contributed by atoms with van der Waals surface area (Å²) in [4.78, 5) is 102. The van der Waals surface area contributed by atoms with E-state index in [9.17, 15) is 38.7 Å². The number of carbonyl (C=O) groups is 7. The third-order valence-corrected chi connectivity index (χ3v) is 16.6. The Morgan fingerprint density at radius 2 is 1.34 bits per heavy atom. The Hall–Kier alpha value is -8.65. The van der Waals surface area contributed by atoms with Gasteiger partial charge < -0.3 is 53.4 Å². The summed E-state index contributed by atoms with van der Waals surface area (Å²) in [6.07, 6.45) is 4.65. The van der Waals surface area contributed by atoms with Gasteiger partial charge >= 0.3 is 18.2 Å². The zero-order valence-corrected chi connectivity index (χ0v) is 49.3. The number of esters is 1. The van der Waals surface area contributed by atoms with Crippen molar-refractivity contribution in [1.29, 1.82) is 0 Å². The van der Waals surface area contributed by atoms with Crippen LogP contribution in [-0.4, -0.2) is 134 Å². The maximum atomic E-state index is 14.5. The van der Waals surface area contributed by atoms with E-state index in [1.165, 1.54) is 43.4 Å². The van der Waals surface area contributed by atoms with Crippen molar-refractivity contribution < 1.29 is 71.8 Å². The molecule has 85 heavy (non-hydrogen) atoms. The van der Waals surface area contributed by atoms with Gasteiger partial charge in [0, 0.05) is 37.7 Å². The average molecular weight is 1170 g/mol. The standard InChI is InChI=1S/C65H75N5O15/c1-10-23-83-58(72)31-46(38(3)4)59(73)66-40(6)53(71)27-42-15-17-43(18-16-42)36-85-64(78)70-51-33-57(55(80-9)30-48(51)61(75)68-37-65(21-22-65)34-52(68)62(70)76)82-26-12-25-81-56-32-50-47(29-54(56)79-8)60(74)67-35-45(44-19-13-39(5)14-20-44)28-49(67)41(7)69(50)63(77)84-24-11-2/h10-11,13-20,29-30,32-33,35,38,40-41,46,49,52,62,76H,1-2,12,21-28,31,34,36-37H2,3-9H3,(H,66,73)/t40-,41?,46-,49-,52-,62?/m0/s1. The highest BCUT2D eigenvalue weighted by Crippen LogP contribution is 2.57. The minimum Gasteiger partial charge on any atom is -0.493 e. The number of methoxy groups -OCH3 is 2. The summed E-state index contributed by atoms with van der Waals surface area (Å²) >= 11 is 0. The molecule has 1 saturated carbocycles. The van der Waals surface area contributed by atoms with Crippen molar-refractivity contribution in [3.63, 3.8) is 0 Å². The zero-order chi connectivity index (χ0) is 60.9. The van der Waals surface area contributed by atoms with Gasteiger partial charge in [-0.05, 0) is 92.2 Å². The minimum atomic E-state index is -1.48. The first-order valence-electron chi connectivity index (χ1n) is 28.8. The lowest BCUT2D eigenvalue weighted by Crippen LogP contribution is -2.50. The Morgan fingerprint density at radius 3 is 1.94 bits per heavy atom. The van der Waals surface area contributed by atoms with Crippen molar-refractivity contribution in [2.75, 3.05) is 57.0 Å². The molecular formula is C65H75N5O15. The molecular weight excluding hydrogens is 1090 g/mol. The second-order valence-electron chi connectivity index (χ2n) is 22.8. The molecule has 20 heteroatoms. The van der Waals surface area contributed by atoms with E-state index in [1.807, 2.05) is 58.2 Å². The lowest BCUT2D eigenvalue weighted by Gasteiger charge is -2.33. The molecule has 4 heterocycles. The van der Waals surface area contributed by atoms with Crippen molar-refractivity contribution >= 4 is 58.6 Å². The highest BCUT2D eigenvalue weighted by Gasteiger charge is 2.58. The van der Waals surface area contributed by atoms with E-state index in [2.05, 4.69) is 18.5 Å². The summed E-state index contributed by atoms with van der Waals surface area (Å²) in [5.74, 6) is -1.88. The molecule has 4 aliphatic heterocycles. The quantitative estimate of drug-likeness (QED) is 0.0305. The number of nitrogens with zero attached hydrogens (tertiary/aromatic N) is 4. The molecule has 4 aromatic rings. The lowest BCUT2D eigenvalue weighted by molar-refractivity contribution is -0.146. The van der Waals surface area contributed by atoms with Gasteiger partial charge in [0.05, 0.1) is 86.4 Å². The van der Waals surface area contributed by atoms with E-state index in [1.54, 1.807) is 53.1 Å². The lowest BCUT2D eigenvalue weighted by atomic mass is 9.91. The van der Waals surface area contributed by atoms with Gasteiger partial charge in [-0.2, -0.15) is 0 Å². The fraction of sp³-hybridized carbons (Fsp3) is 0.431. The molecule has 2 N–H and O–H groups in total. The van der Waals surface area contributed by atoms with Gasteiger partial charge in [0.1, 0.15) is 19.8 Å². The van der Waals surface area contributed by atoms with Gasteiger partial charge in [-0.15, -0.1) is 0 Å². The number of aliphatic hydroxyl groups is 1. The Bertz CT molecular complexity index is 3260. The molecule has 5 amide bonds. The zero-order valence-electron chi connectivity index (χ0n) is 49.3. The van der Waals surface area contributed by atoms with E-state index in [0.29, 0.717) is 30.5 Å². The predicted octanol–water partition coefficient (Wildman–Crippen LogP) is 9.12. The van der Waals surface area contributed by atoms with E-state index in [4.69, 9.17) is 33.2 Å². The highest BCUT2D eigenvalue weighted by molar-refractivity contribution is 6.08. The summed E-state index contributed by atoms with van der Waals surface area (Å²) < 4.78 is 40.7. The molecule has 20 nitrogen and oxygen atoms in total. The summed E-state index contributed by atoms with van der Waals surface area (Å²) in [5.41, 5.74) is 4.83. The number of aliphatic hydroxyl groups excluding tert-OH is 1. The molecule has 4 aromatic carbocycles. The van der Waals surface area contributed by atoms with Crippen LogP contribution in [0, 0.1) is 24.2 Å². The van der Waals surface area contributed by atoms with Crippen LogP contribution in [0.1, 0.15) is 109 Å². The van der Waals surface area contributed by atoms with Crippen LogP contribution in [0.5, 0.6) is 23.0 Å². The number of ether oxygens (including phenoxy) is 7. The molecule has 2 unspecified atom stereocenters. The number of anilines is 2. The van der Waals surface area contributed by atoms with E-state index in [-0.39, 0.29) is 127 Å². The number of nitrogens with one attached hydrogen (secondary N) is 1. The largest absolute Gasteiger partial charge is 0.493 e. The van der Waals surface area contributed by atoms with Gasteiger partial charge in [0.15, 0.2) is 35.0 Å².